The van der Waals surface area contributed by atoms with E-state index in [0.717, 1.165) is 35.4 Å². The molecule has 1 saturated heterocycles. The number of amides is 1. The summed E-state index contributed by atoms with van der Waals surface area (Å²) < 4.78 is 0. The molecule has 1 heterocycles. The number of likely N-dealkylation sites (tertiary alicyclic amines) is 1. The van der Waals surface area contributed by atoms with Crippen LogP contribution in [0.15, 0.2) is 47.4 Å². The Bertz CT molecular complexity index is 929. The van der Waals surface area contributed by atoms with Crippen molar-refractivity contribution in [3.8, 4) is 0 Å². The van der Waals surface area contributed by atoms with Gasteiger partial charge in [0.1, 0.15) is 6.29 Å². The highest BCUT2D eigenvalue weighted by atomic mass is 32.2. The van der Waals surface area contributed by atoms with Gasteiger partial charge in [-0.3, -0.25) is 15.1 Å². The van der Waals surface area contributed by atoms with Crippen LogP contribution in [0.4, 0.5) is 11.4 Å². The van der Waals surface area contributed by atoms with Gasteiger partial charge in [0.15, 0.2) is 0 Å². The molecule has 1 atom stereocenters. The molecular formula is C23H28N4O2S. The monoisotopic (exact) mass is 424 g/mol. The number of aldehydes is 1. The molecule has 0 saturated carbocycles. The number of carbonyl (C=O) groups excluding carboxylic acids is 2. The van der Waals surface area contributed by atoms with Crippen LogP contribution in [-0.2, 0) is 9.59 Å². The zero-order chi connectivity index (χ0) is 21.7. The third-order valence-corrected chi connectivity index (χ3v) is 6.28. The number of benzene rings is 2. The Hall–Kier alpha value is -2.64. The minimum Gasteiger partial charge on any atom is -0.398 e. The standard InChI is InChI=1S/C23H28N4O2S/c1-3-27(23(29)17-10-11-26(15-17)12-13-28)18-6-9-21(24)20(14-18)22(25)16-4-7-19(30-2)8-5-16/h4-9,13-14,17,25H,3,10-12,15,24H2,1-2H3. The van der Waals surface area contributed by atoms with Gasteiger partial charge in [-0.25, -0.2) is 0 Å². The molecule has 1 aliphatic heterocycles. The Labute approximate surface area is 181 Å². The van der Waals surface area contributed by atoms with Crippen molar-refractivity contribution in [2.75, 3.05) is 43.1 Å². The topological polar surface area (TPSA) is 90.5 Å². The van der Waals surface area contributed by atoms with E-state index >= 15 is 0 Å². The minimum atomic E-state index is -0.121. The van der Waals surface area contributed by atoms with E-state index in [9.17, 15) is 9.59 Å². The zero-order valence-electron chi connectivity index (χ0n) is 17.4. The molecular weight excluding hydrogens is 396 g/mol. The van der Waals surface area contributed by atoms with E-state index in [-0.39, 0.29) is 11.8 Å². The Morgan fingerprint density at radius 3 is 2.67 bits per heavy atom. The first-order valence-electron chi connectivity index (χ1n) is 10.1. The molecule has 3 rings (SSSR count). The largest absolute Gasteiger partial charge is 0.398 e. The highest BCUT2D eigenvalue weighted by Gasteiger charge is 2.31. The molecule has 6 nitrogen and oxygen atoms in total. The highest BCUT2D eigenvalue weighted by molar-refractivity contribution is 7.98. The van der Waals surface area contributed by atoms with Crippen molar-refractivity contribution < 1.29 is 9.59 Å². The van der Waals surface area contributed by atoms with E-state index in [1.165, 1.54) is 0 Å². The second-order valence-electron chi connectivity index (χ2n) is 7.37. The lowest BCUT2D eigenvalue weighted by molar-refractivity contribution is -0.122. The van der Waals surface area contributed by atoms with Crippen molar-refractivity contribution in [2.45, 2.75) is 18.2 Å². The van der Waals surface area contributed by atoms with Crippen molar-refractivity contribution >= 4 is 41.0 Å². The number of hydrogen-bond donors (Lipinski definition) is 2. The summed E-state index contributed by atoms with van der Waals surface area (Å²) in [5.41, 5.74) is 9.18. The molecule has 0 spiro atoms. The van der Waals surface area contributed by atoms with E-state index in [4.69, 9.17) is 11.1 Å². The summed E-state index contributed by atoms with van der Waals surface area (Å²) in [6, 6.07) is 13.2. The number of nitrogens with two attached hydrogens (primary N) is 1. The lowest BCUT2D eigenvalue weighted by atomic mass is 9.99. The lowest BCUT2D eigenvalue weighted by Crippen LogP contribution is -2.37. The third-order valence-electron chi connectivity index (χ3n) is 5.53. The van der Waals surface area contributed by atoms with E-state index < -0.39 is 0 Å². The van der Waals surface area contributed by atoms with Crippen molar-refractivity contribution in [1.29, 1.82) is 5.41 Å². The van der Waals surface area contributed by atoms with Gasteiger partial charge in [0.05, 0.1) is 18.2 Å². The summed E-state index contributed by atoms with van der Waals surface area (Å²) in [6.07, 6.45) is 3.65. The molecule has 1 unspecified atom stereocenters. The SMILES string of the molecule is CCN(C(=O)C1CCN(CC=O)C1)c1ccc(N)c(C(=N)c2ccc(SC)cc2)c1. The highest BCUT2D eigenvalue weighted by Crippen LogP contribution is 2.27. The van der Waals surface area contributed by atoms with Gasteiger partial charge in [-0.1, -0.05) is 12.1 Å². The van der Waals surface area contributed by atoms with Crippen LogP contribution in [0.3, 0.4) is 0 Å². The number of carbonyl (C=O) groups is 2. The molecule has 7 heteroatoms. The van der Waals surface area contributed by atoms with Gasteiger partial charge in [0.25, 0.3) is 0 Å². The van der Waals surface area contributed by atoms with Crippen molar-refractivity contribution in [2.24, 2.45) is 5.92 Å². The van der Waals surface area contributed by atoms with Crippen LogP contribution in [0.2, 0.25) is 0 Å². The number of anilines is 2. The van der Waals surface area contributed by atoms with Crippen LogP contribution in [-0.4, -0.2) is 55.2 Å². The van der Waals surface area contributed by atoms with Gasteiger partial charge in [-0.2, -0.15) is 0 Å². The normalized spacial score (nSPS) is 16.4. The molecule has 158 valence electrons. The first kappa shape index (κ1) is 22.1. The second kappa shape index (κ2) is 9.91. The molecule has 0 aliphatic carbocycles. The minimum absolute atomic E-state index is 0.0532. The Kier molecular flexibility index (Phi) is 7.29. The van der Waals surface area contributed by atoms with Gasteiger partial charge < -0.3 is 15.4 Å². The first-order valence-corrected chi connectivity index (χ1v) is 11.3. The molecule has 0 aromatic heterocycles. The van der Waals surface area contributed by atoms with E-state index in [0.29, 0.717) is 36.6 Å². The quantitative estimate of drug-likeness (QED) is 0.294. The number of thioether (sulfide) groups is 1. The fourth-order valence-corrected chi connectivity index (χ4v) is 4.24. The maximum absolute atomic E-state index is 13.2. The van der Waals surface area contributed by atoms with E-state index in [2.05, 4.69) is 0 Å². The third kappa shape index (κ3) is 4.74. The van der Waals surface area contributed by atoms with Gasteiger partial charge >= 0.3 is 0 Å². The molecule has 1 amide bonds. The summed E-state index contributed by atoms with van der Waals surface area (Å²) in [5, 5.41) is 8.65. The first-order chi connectivity index (χ1) is 14.5. The fraction of sp³-hybridized carbons (Fsp3) is 0.348. The summed E-state index contributed by atoms with van der Waals surface area (Å²) in [5.74, 6) is -0.0677. The summed E-state index contributed by atoms with van der Waals surface area (Å²) in [4.78, 5) is 28.8. The predicted octanol–water partition coefficient (Wildman–Crippen LogP) is 3.28. The summed E-state index contributed by atoms with van der Waals surface area (Å²) in [7, 11) is 0. The second-order valence-corrected chi connectivity index (χ2v) is 8.25. The Morgan fingerprint density at radius 2 is 2.03 bits per heavy atom. The molecule has 1 fully saturated rings. The smallest absolute Gasteiger partial charge is 0.231 e. The van der Waals surface area contributed by atoms with E-state index in [1.54, 1.807) is 22.7 Å². The van der Waals surface area contributed by atoms with Crippen molar-refractivity contribution in [3.63, 3.8) is 0 Å². The Morgan fingerprint density at radius 1 is 1.30 bits per heavy atom. The van der Waals surface area contributed by atoms with Crippen LogP contribution >= 0.6 is 11.8 Å². The van der Waals surface area contributed by atoms with Crippen molar-refractivity contribution in [1.82, 2.24) is 4.90 Å². The Balaban J connectivity index is 1.84. The maximum Gasteiger partial charge on any atom is 0.231 e. The molecule has 2 aromatic rings. The fourth-order valence-electron chi connectivity index (χ4n) is 3.83. The molecule has 30 heavy (non-hydrogen) atoms. The number of nitrogens with zero attached hydrogens (tertiary/aromatic N) is 2. The summed E-state index contributed by atoms with van der Waals surface area (Å²) >= 11 is 1.65. The van der Waals surface area contributed by atoms with Gasteiger partial charge in [-0.15, -0.1) is 11.8 Å². The average Bonchev–Trinajstić information content (AvgIpc) is 3.24. The van der Waals surface area contributed by atoms with Crippen LogP contribution in [0.5, 0.6) is 0 Å². The van der Waals surface area contributed by atoms with E-state index in [1.807, 2.05) is 54.5 Å². The molecule has 1 aliphatic rings. The van der Waals surface area contributed by atoms with Gasteiger partial charge in [0, 0.05) is 40.5 Å². The van der Waals surface area contributed by atoms with Crippen LogP contribution in [0.1, 0.15) is 24.5 Å². The lowest BCUT2D eigenvalue weighted by Gasteiger charge is -2.25. The summed E-state index contributed by atoms with van der Waals surface area (Å²) in [6.45, 7) is 4.21. The van der Waals surface area contributed by atoms with Crippen LogP contribution in [0.25, 0.3) is 0 Å². The molecule has 3 N–H and O–H groups in total. The number of rotatable bonds is 8. The van der Waals surface area contributed by atoms with Crippen LogP contribution in [0, 0.1) is 11.3 Å². The average molecular weight is 425 g/mol. The zero-order valence-corrected chi connectivity index (χ0v) is 18.2. The molecule has 0 radical (unpaired) electrons. The molecule has 0 bridgehead atoms. The van der Waals surface area contributed by atoms with Gasteiger partial charge in [-0.05, 0) is 56.5 Å². The van der Waals surface area contributed by atoms with Crippen molar-refractivity contribution in [3.05, 3.63) is 53.6 Å². The number of nitrogen functional groups attached to an aromatic ring is 1. The number of hydrogen-bond acceptors (Lipinski definition) is 6. The maximum atomic E-state index is 13.2. The molecule has 2 aromatic carbocycles. The predicted molar refractivity (Wildman–Crippen MR) is 124 cm³/mol. The van der Waals surface area contributed by atoms with Crippen LogP contribution < -0.4 is 10.6 Å². The number of nitrogens with one attached hydrogen (secondary N) is 1. The van der Waals surface area contributed by atoms with Gasteiger partial charge in [0.2, 0.25) is 5.91 Å².